The summed E-state index contributed by atoms with van der Waals surface area (Å²) in [6, 6.07) is 9.07. The van der Waals surface area contributed by atoms with E-state index in [9.17, 15) is 18.5 Å². The first-order valence-electron chi connectivity index (χ1n) is 10.2. The molecule has 0 aliphatic heterocycles. The van der Waals surface area contributed by atoms with Crippen LogP contribution in [0.25, 0.3) is 0 Å². The summed E-state index contributed by atoms with van der Waals surface area (Å²) in [6.45, 7) is 2.41. The topological polar surface area (TPSA) is 108 Å². The molecule has 1 aromatic carbocycles. The molecule has 9 heteroatoms. The molecule has 0 N–H and O–H groups in total. The van der Waals surface area contributed by atoms with Gasteiger partial charge in [0.2, 0.25) is 0 Å². The van der Waals surface area contributed by atoms with Gasteiger partial charge in [0, 0.05) is 19.1 Å². The Morgan fingerprint density at radius 2 is 1.81 bits per heavy atom. The van der Waals surface area contributed by atoms with Crippen molar-refractivity contribution in [3.05, 3.63) is 57.5 Å². The van der Waals surface area contributed by atoms with Crippen LogP contribution in [0.15, 0.2) is 40.0 Å². The van der Waals surface area contributed by atoms with Crippen LogP contribution in [0.1, 0.15) is 54.8 Å². The van der Waals surface area contributed by atoms with E-state index in [0.29, 0.717) is 35.8 Å². The number of nitrogens with zero attached hydrogens (tertiary/aromatic N) is 2. The quantitative estimate of drug-likeness (QED) is 0.574. The molecule has 0 radical (unpaired) electrons. The van der Waals surface area contributed by atoms with E-state index in [4.69, 9.17) is 13.8 Å². The molecule has 0 atom stereocenters. The van der Waals surface area contributed by atoms with Gasteiger partial charge in [-0.05, 0) is 49.6 Å². The SMILES string of the molecule is COCCOc1ccc(S(=O)(=O)On2c(C3CCCCC3)c(C#N)c(C)cc2=O)cc1. The number of ether oxygens (including phenoxy) is 2. The summed E-state index contributed by atoms with van der Waals surface area (Å²) in [6.07, 6.45) is 4.53. The lowest BCUT2D eigenvalue weighted by Crippen LogP contribution is -2.35. The largest absolute Gasteiger partial charge is 0.491 e. The lowest BCUT2D eigenvalue weighted by molar-refractivity contribution is 0.146. The van der Waals surface area contributed by atoms with Gasteiger partial charge in [0.1, 0.15) is 23.3 Å². The van der Waals surface area contributed by atoms with Gasteiger partial charge < -0.3 is 9.47 Å². The fourth-order valence-corrected chi connectivity index (χ4v) is 4.70. The fraction of sp³-hybridized carbons (Fsp3) is 0.455. The Morgan fingerprint density at radius 3 is 2.42 bits per heavy atom. The van der Waals surface area contributed by atoms with Crippen molar-refractivity contribution in [1.29, 1.82) is 5.26 Å². The van der Waals surface area contributed by atoms with E-state index < -0.39 is 15.7 Å². The molecular weight excluding hydrogens is 420 g/mol. The number of hydrogen-bond acceptors (Lipinski definition) is 7. The van der Waals surface area contributed by atoms with E-state index in [-0.39, 0.29) is 10.8 Å². The molecule has 0 amide bonds. The molecule has 8 nitrogen and oxygen atoms in total. The van der Waals surface area contributed by atoms with E-state index >= 15 is 0 Å². The third-order valence-corrected chi connectivity index (χ3v) is 6.55. The average Bonchev–Trinajstić information content (AvgIpc) is 2.76. The van der Waals surface area contributed by atoms with Gasteiger partial charge in [-0.15, -0.1) is 4.73 Å². The second kappa shape index (κ2) is 9.98. The van der Waals surface area contributed by atoms with Crippen molar-refractivity contribution >= 4 is 10.1 Å². The Kier molecular flexibility index (Phi) is 7.36. The van der Waals surface area contributed by atoms with E-state index in [1.54, 1.807) is 14.0 Å². The maximum atomic E-state index is 12.9. The molecular formula is C22H26N2O6S. The van der Waals surface area contributed by atoms with E-state index in [1.165, 1.54) is 30.3 Å². The Labute approximate surface area is 182 Å². The van der Waals surface area contributed by atoms with E-state index in [2.05, 4.69) is 6.07 Å². The molecule has 1 saturated carbocycles. The molecule has 31 heavy (non-hydrogen) atoms. The first kappa shape index (κ1) is 22.8. The lowest BCUT2D eigenvalue weighted by atomic mass is 9.84. The number of aryl methyl sites for hydroxylation is 1. The van der Waals surface area contributed by atoms with Crippen LogP contribution in [0.4, 0.5) is 0 Å². The van der Waals surface area contributed by atoms with Crippen molar-refractivity contribution in [3.63, 3.8) is 0 Å². The minimum Gasteiger partial charge on any atom is -0.491 e. The van der Waals surface area contributed by atoms with Crippen molar-refractivity contribution in [2.24, 2.45) is 0 Å². The highest BCUT2D eigenvalue weighted by Crippen LogP contribution is 2.34. The molecule has 1 aliphatic rings. The van der Waals surface area contributed by atoms with Crippen LogP contribution in [-0.4, -0.2) is 33.5 Å². The van der Waals surface area contributed by atoms with Crippen molar-refractivity contribution in [1.82, 2.24) is 4.73 Å². The minimum atomic E-state index is -4.30. The maximum absolute atomic E-state index is 12.9. The van der Waals surface area contributed by atoms with Gasteiger partial charge in [-0.25, -0.2) is 0 Å². The van der Waals surface area contributed by atoms with Gasteiger partial charge in [0.15, 0.2) is 0 Å². The summed E-state index contributed by atoms with van der Waals surface area (Å²) >= 11 is 0. The number of hydrogen-bond donors (Lipinski definition) is 0. The normalized spacial score (nSPS) is 14.7. The molecule has 0 saturated heterocycles. The Hall–Kier alpha value is -2.83. The zero-order valence-electron chi connectivity index (χ0n) is 17.7. The first-order valence-corrected chi connectivity index (χ1v) is 11.6. The van der Waals surface area contributed by atoms with Crippen molar-refractivity contribution in [2.45, 2.75) is 49.8 Å². The average molecular weight is 447 g/mol. The molecule has 0 unspecified atom stereocenters. The summed E-state index contributed by atoms with van der Waals surface area (Å²) in [5.41, 5.74) is 0.543. The first-order chi connectivity index (χ1) is 14.9. The van der Waals surface area contributed by atoms with Crippen LogP contribution >= 0.6 is 0 Å². The highest BCUT2D eigenvalue weighted by Gasteiger charge is 2.28. The van der Waals surface area contributed by atoms with Crippen molar-refractivity contribution in [3.8, 4) is 11.8 Å². The molecule has 166 valence electrons. The summed E-state index contributed by atoms with van der Waals surface area (Å²) < 4.78 is 42.3. The molecule has 2 aromatic rings. The van der Waals surface area contributed by atoms with Crippen LogP contribution in [0.5, 0.6) is 5.75 Å². The molecule has 0 bridgehead atoms. The lowest BCUT2D eigenvalue weighted by Gasteiger charge is -2.25. The Morgan fingerprint density at radius 1 is 1.13 bits per heavy atom. The van der Waals surface area contributed by atoms with Gasteiger partial charge in [0.05, 0.1) is 17.9 Å². The minimum absolute atomic E-state index is 0.109. The smallest absolute Gasteiger partial charge is 0.357 e. The summed E-state index contributed by atoms with van der Waals surface area (Å²) in [4.78, 5) is 12.6. The van der Waals surface area contributed by atoms with Crippen LogP contribution in [0.3, 0.4) is 0 Å². The summed E-state index contributed by atoms with van der Waals surface area (Å²) in [5.74, 6) is 0.376. The van der Waals surface area contributed by atoms with Crippen LogP contribution in [0, 0.1) is 18.3 Å². The number of methoxy groups -OCH3 is 1. The number of nitriles is 1. The number of pyridine rings is 1. The molecule has 1 heterocycles. The van der Waals surface area contributed by atoms with Crippen molar-refractivity contribution in [2.75, 3.05) is 20.3 Å². The zero-order valence-corrected chi connectivity index (χ0v) is 18.5. The van der Waals surface area contributed by atoms with Gasteiger partial charge in [0.25, 0.3) is 5.56 Å². The second-order valence-corrected chi connectivity index (χ2v) is 9.04. The third-order valence-electron chi connectivity index (χ3n) is 5.35. The Balaban J connectivity index is 1.95. The van der Waals surface area contributed by atoms with Crippen LogP contribution in [0.2, 0.25) is 0 Å². The molecule has 1 aromatic heterocycles. The van der Waals surface area contributed by atoms with E-state index in [0.717, 1.165) is 36.8 Å². The fourth-order valence-electron chi connectivity index (χ4n) is 3.79. The van der Waals surface area contributed by atoms with Crippen LogP contribution < -0.4 is 14.6 Å². The number of rotatable bonds is 8. The van der Waals surface area contributed by atoms with E-state index in [1.807, 2.05) is 0 Å². The highest BCUT2D eigenvalue weighted by molar-refractivity contribution is 7.87. The molecule has 1 aliphatic carbocycles. The second-order valence-electron chi connectivity index (χ2n) is 7.51. The summed E-state index contributed by atoms with van der Waals surface area (Å²) in [7, 11) is -2.75. The molecule has 0 spiro atoms. The van der Waals surface area contributed by atoms with Gasteiger partial charge in [-0.1, -0.05) is 19.3 Å². The predicted octanol–water partition coefficient (Wildman–Crippen LogP) is 2.92. The van der Waals surface area contributed by atoms with Gasteiger partial charge in [-0.2, -0.15) is 13.7 Å². The Bertz CT molecular complexity index is 1110. The van der Waals surface area contributed by atoms with Crippen molar-refractivity contribution < 1.29 is 22.2 Å². The summed E-state index contributed by atoms with van der Waals surface area (Å²) in [5, 5.41) is 9.69. The van der Waals surface area contributed by atoms with Gasteiger partial charge >= 0.3 is 10.1 Å². The zero-order chi connectivity index (χ0) is 22.4. The highest BCUT2D eigenvalue weighted by atomic mass is 32.2. The van der Waals surface area contributed by atoms with Gasteiger partial charge in [-0.3, -0.25) is 9.08 Å². The number of aromatic nitrogens is 1. The molecule has 1 fully saturated rings. The monoisotopic (exact) mass is 446 g/mol. The van der Waals surface area contributed by atoms with Crippen LogP contribution in [-0.2, 0) is 14.9 Å². The maximum Gasteiger partial charge on any atom is 0.357 e. The molecule has 3 rings (SSSR count). The predicted molar refractivity (Wildman–Crippen MR) is 114 cm³/mol. The number of benzene rings is 1. The standard InChI is InChI=1S/C22H26N2O6S/c1-16-14-21(25)24(22(20(16)15-23)17-6-4-3-5-7-17)30-31(26,27)19-10-8-18(9-11-19)29-13-12-28-2/h8-11,14,17H,3-7,12-13H2,1-2H3. The third kappa shape index (κ3) is 5.27.